The number of hydrogen-bond donors (Lipinski definition) is 1. The summed E-state index contributed by atoms with van der Waals surface area (Å²) in [4.78, 5) is 11.6. The van der Waals surface area contributed by atoms with Crippen LogP contribution in [0.25, 0.3) is 0 Å². The second-order valence-corrected chi connectivity index (χ2v) is 4.39. The first-order chi connectivity index (χ1) is 6.84. The van der Waals surface area contributed by atoms with Crippen LogP contribution in [0, 0.1) is 11.8 Å². The number of Topliss-reactive ketones (excluding diaryl/α,β-unsaturated/α-hetero) is 1. The van der Waals surface area contributed by atoms with Gasteiger partial charge in [-0.2, -0.15) is 0 Å². The normalized spacial score (nSPS) is 34.4. The van der Waals surface area contributed by atoms with Crippen LogP contribution < -0.4 is 5.32 Å². The van der Waals surface area contributed by atoms with E-state index in [0.717, 1.165) is 13.0 Å². The van der Waals surface area contributed by atoms with E-state index in [1.54, 1.807) is 0 Å². The molecule has 0 aromatic heterocycles. The summed E-state index contributed by atoms with van der Waals surface area (Å²) in [6.07, 6.45) is 9.05. The highest BCUT2D eigenvalue weighted by molar-refractivity contribution is 5.94. The molecule has 2 aliphatic rings. The van der Waals surface area contributed by atoms with E-state index in [2.05, 4.69) is 24.4 Å². The number of allylic oxidation sites excluding steroid dienone is 1. The van der Waals surface area contributed by atoms with Gasteiger partial charge in [0.05, 0.1) is 6.04 Å². The molecule has 0 radical (unpaired) electrons. The number of nitrogens with one attached hydrogen (secondary N) is 1. The summed E-state index contributed by atoms with van der Waals surface area (Å²) in [5.41, 5.74) is 0. The van der Waals surface area contributed by atoms with Crippen molar-refractivity contribution in [3.63, 3.8) is 0 Å². The van der Waals surface area contributed by atoms with Gasteiger partial charge in [-0.15, -0.1) is 0 Å². The molecule has 0 aliphatic heterocycles. The van der Waals surface area contributed by atoms with Crippen LogP contribution in [-0.4, -0.2) is 18.4 Å². The highest BCUT2D eigenvalue weighted by Gasteiger charge is 2.48. The lowest BCUT2D eigenvalue weighted by atomic mass is 9.70. The van der Waals surface area contributed by atoms with E-state index in [-0.39, 0.29) is 6.04 Å². The molecule has 3 atom stereocenters. The molecule has 2 nitrogen and oxygen atoms in total. The largest absolute Gasteiger partial charge is 0.307 e. The average Bonchev–Trinajstić information content (AvgIpc) is 2.62. The summed E-state index contributed by atoms with van der Waals surface area (Å²) in [7, 11) is 0. The van der Waals surface area contributed by atoms with Crippen molar-refractivity contribution in [1.82, 2.24) is 5.32 Å². The van der Waals surface area contributed by atoms with E-state index >= 15 is 0 Å². The van der Waals surface area contributed by atoms with Crippen molar-refractivity contribution in [2.24, 2.45) is 11.8 Å². The molecule has 1 fully saturated rings. The molecule has 0 amide bonds. The van der Waals surface area contributed by atoms with Crippen molar-refractivity contribution in [1.29, 1.82) is 0 Å². The number of rotatable bonds is 5. The molecule has 3 unspecified atom stereocenters. The lowest BCUT2D eigenvalue weighted by Gasteiger charge is -2.38. The molecule has 0 heterocycles. The molecule has 0 spiro atoms. The van der Waals surface area contributed by atoms with Crippen LogP contribution in [0.5, 0.6) is 0 Å². The Hall–Kier alpha value is -0.630. The van der Waals surface area contributed by atoms with Crippen LogP contribution >= 0.6 is 0 Å². The minimum Gasteiger partial charge on any atom is -0.307 e. The van der Waals surface area contributed by atoms with Gasteiger partial charge in [-0.1, -0.05) is 31.9 Å². The molecule has 2 aliphatic carbocycles. The third-order valence-corrected chi connectivity index (χ3v) is 3.41. The van der Waals surface area contributed by atoms with E-state index in [9.17, 15) is 4.79 Å². The van der Waals surface area contributed by atoms with Gasteiger partial charge in [0.2, 0.25) is 0 Å². The summed E-state index contributed by atoms with van der Waals surface area (Å²) in [5, 5.41) is 3.37. The zero-order valence-corrected chi connectivity index (χ0v) is 8.83. The molecular formula is C12H19NO. The molecule has 0 aromatic carbocycles. The Balaban J connectivity index is 1.71. The van der Waals surface area contributed by atoms with E-state index in [0.29, 0.717) is 17.6 Å². The lowest BCUT2D eigenvalue weighted by Crippen LogP contribution is -2.57. The average molecular weight is 193 g/mol. The predicted molar refractivity (Wildman–Crippen MR) is 57.1 cm³/mol. The SMILES string of the molecule is CCCCCNC1C(=O)C2CC=CC21. The first-order valence-corrected chi connectivity index (χ1v) is 5.78. The van der Waals surface area contributed by atoms with Gasteiger partial charge in [0.1, 0.15) is 0 Å². The topological polar surface area (TPSA) is 29.1 Å². The van der Waals surface area contributed by atoms with Crippen LogP contribution in [0.4, 0.5) is 0 Å². The fraction of sp³-hybridized carbons (Fsp3) is 0.750. The maximum Gasteiger partial charge on any atom is 0.154 e. The molecule has 0 bridgehead atoms. The van der Waals surface area contributed by atoms with Crippen molar-refractivity contribution in [2.45, 2.75) is 38.6 Å². The lowest BCUT2D eigenvalue weighted by molar-refractivity contribution is -0.135. The predicted octanol–water partition coefficient (Wildman–Crippen LogP) is 1.91. The Morgan fingerprint density at radius 1 is 1.50 bits per heavy atom. The van der Waals surface area contributed by atoms with Gasteiger partial charge in [-0.05, 0) is 19.4 Å². The van der Waals surface area contributed by atoms with Crippen LogP contribution in [-0.2, 0) is 4.79 Å². The summed E-state index contributed by atoms with van der Waals surface area (Å²) in [6.45, 7) is 3.20. The van der Waals surface area contributed by atoms with Crippen molar-refractivity contribution in [2.75, 3.05) is 6.54 Å². The number of fused-ring (bicyclic) bond motifs is 1. The first-order valence-electron chi connectivity index (χ1n) is 5.78. The van der Waals surface area contributed by atoms with Crippen LogP contribution in [0.3, 0.4) is 0 Å². The van der Waals surface area contributed by atoms with E-state index < -0.39 is 0 Å². The Labute approximate surface area is 85.8 Å². The number of hydrogen-bond acceptors (Lipinski definition) is 2. The third-order valence-electron chi connectivity index (χ3n) is 3.41. The summed E-state index contributed by atoms with van der Waals surface area (Å²) < 4.78 is 0. The van der Waals surface area contributed by atoms with Gasteiger partial charge in [-0.3, -0.25) is 4.79 Å². The fourth-order valence-corrected chi connectivity index (χ4v) is 2.49. The van der Waals surface area contributed by atoms with E-state index in [1.165, 1.54) is 19.3 Å². The van der Waals surface area contributed by atoms with Gasteiger partial charge < -0.3 is 5.32 Å². The Bertz CT molecular complexity index is 247. The van der Waals surface area contributed by atoms with E-state index in [4.69, 9.17) is 0 Å². The molecule has 14 heavy (non-hydrogen) atoms. The maximum absolute atomic E-state index is 11.6. The number of ketones is 1. The molecule has 2 heteroatoms. The van der Waals surface area contributed by atoms with Crippen LogP contribution in [0.15, 0.2) is 12.2 Å². The van der Waals surface area contributed by atoms with Crippen LogP contribution in [0.2, 0.25) is 0 Å². The maximum atomic E-state index is 11.6. The first kappa shape index (κ1) is 9.91. The minimum atomic E-state index is 0.149. The van der Waals surface area contributed by atoms with Crippen molar-refractivity contribution >= 4 is 5.78 Å². The Morgan fingerprint density at radius 2 is 2.36 bits per heavy atom. The quantitative estimate of drug-likeness (QED) is 0.534. The molecule has 2 rings (SSSR count). The molecule has 1 saturated carbocycles. The summed E-state index contributed by atoms with van der Waals surface area (Å²) in [6, 6.07) is 0.149. The summed E-state index contributed by atoms with van der Waals surface area (Å²) >= 11 is 0. The van der Waals surface area contributed by atoms with Gasteiger partial charge in [0.25, 0.3) is 0 Å². The fourth-order valence-electron chi connectivity index (χ4n) is 2.49. The molecule has 1 N–H and O–H groups in total. The van der Waals surface area contributed by atoms with Crippen molar-refractivity contribution in [3.05, 3.63) is 12.2 Å². The van der Waals surface area contributed by atoms with Gasteiger partial charge in [0, 0.05) is 11.8 Å². The Morgan fingerprint density at radius 3 is 3.14 bits per heavy atom. The zero-order valence-electron chi connectivity index (χ0n) is 8.83. The molecule has 78 valence electrons. The van der Waals surface area contributed by atoms with Gasteiger partial charge in [-0.25, -0.2) is 0 Å². The summed E-state index contributed by atoms with van der Waals surface area (Å²) in [5.74, 6) is 1.29. The van der Waals surface area contributed by atoms with Crippen LogP contribution in [0.1, 0.15) is 32.6 Å². The molecular weight excluding hydrogens is 174 g/mol. The number of carbonyl (C=O) groups is 1. The highest BCUT2D eigenvalue weighted by atomic mass is 16.1. The van der Waals surface area contributed by atoms with E-state index in [1.807, 2.05) is 0 Å². The van der Waals surface area contributed by atoms with Crippen molar-refractivity contribution < 1.29 is 4.79 Å². The standard InChI is InChI=1S/C12H19NO/c1-2-3-4-8-13-11-9-6-5-7-10(9)12(11)14/h5-6,9-11,13H,2-4,7-8H2,1H3. The van der Waals surface area contributed by atoms with Gasteiger partial charge >= 0.3 is 0 Å². The smallest absolute Gasteiger partial charge is 0.154 e. The number of carbonyl (C=O) groups excluding carboxylic acids is 1. The molecule has 0 aromatic rings. The Kier molecular flexibility index (Phi) is 3.02. The zero-order chi connectivity index (χ0) is 9.97. The second-order valence-electron chi connectivity index (χ2n) is 4.39. The van der Waals surface area contributed by atoms with Crippen molar-refractivity contribution in [3.8, 4) is 0 Å². The minimum absolute atomic E-state index is 0.149. The second kappa shape index (κ2) is 4.26. The molecule has 0 saturated heterocycles. The third kappa shape index (κ3) is 1.63. The highest BCUT2D eigenvalue weighted by Crippen LogP contribution is 2.39. The number of unbranched alkanes of at least 4 members (excludes halogenated alkanes) is 2. The van der Waals surface area contributed by atoms with Gasteiger partial charge in [0.15, 0.2) is 5.78 Å². The monoisotopic (exact) mass is 193 g/mol.